The molecule has 2 aromatic rings. The van der Waals surface area contributed by atoms with E-state index in [1.54, 1.807) is 20.8 Å². The van der Waals surface area contributed by atoms with Crippen molar-refractivity contribution >= 4 is 27.8 Å². The molecule has 2 rings (SSSR count). The van der Waals surface area contributed by atoms with Gasteiger partial charge in [-0.05, 0) is 38.5 Å². The van der Waals surface area contributed by atoms with Crippen LogP contribution in [0.4, 0.5) is 10.5 Å². The quantitative estimate of drug-likeness (QED) is 0.501. The number of amides is 1. The Morgan fingerprint density at radius 3 is 2.20 bits per heavy atom. The fourth-order valence-electron chi connectivity index (χ4n) is 2.46. The number of carbonyl (C=O) groups excluding carboxylic acids is 2. The predicted molar refractivity (Wildman–Crippen MR) is 112 cm³/mol. The third-order valence-electron chi connectivity index (χ3n) is 3.54. The highest BCUT2D eigenvalue weighted by Crippen LogP contribution is 2.35. The maximum absolute atomic E-state index is 12.7. The normalized spacial score (nSPS) is 11.5. The van der Waals surface area contributed by atoms with Gasteiger partial charge >= 0.3 is 12.1 Å². The third kappa shape index (κ3) is 6.77. The molecular weight excluding hydrogens is 410 g/mol. The Kier molecular flexibility index (Phi) is 7.09. The molecular formula is C21H25NO7S. The molecule has 0 aliphatic rings. The van der Waals surface area contributed by atoms with Gasteiger partial charge in [-0.15, -0.1) is 0 Å². The van der Waals surface area contributed by atoms with E-state index in [0.717, 1.165) is 11.8 Å². The molecule has 162 valence electrons. The van der Waals surface area contributed by atoms with Crippen molar-refractivity contribution in [2.24, 2.45) is 0 Å². The van der Waals surface area contributed by atoms with Gasteiger partial charge in [0.1, 0.15) is 29.4 Å². The summed E-state index contributed by atoms with van der Waals surface area (Å²) in [6, 6.07) is 13.3. The fourth-order valence-corrected chi connectivity index (χ4v) is 3.27. The number of sulfonamides is 1. The summed E-state index contributed by atoms with van der Waals surface area (Å²) in [5.41, 5.74) is -0.212. The van der Waals surface area contributed by atoms with Gasteiger partial charge in [0.2, 0.25) is 10.0 Å². The summed E-state index contributed by atoms with van der Waals surface area (Å²) in [7, 11) is -4.10. The molecule has 0 fully saturated rings. The number of hydrogen-bond acceptors (Lipinski definition) is 7. The zero-order valence-corrected chi connectivity index (χ0v) is 18.4. The summed E-state index contributed by atoms with van der Waals surface area (Å²) in [6.45, 7) is 6.20. The monoisotopic (exact) mass is 435 g/mol. The Morgan fingerprint density at radius 1 is 1.03 bits per heavy atom. The average molecular weight is 435 g/mol. The smallest absolute Gasteiger partial charge is 0.429 e. The first kappa shape index (κ1) is 23.2. The number of benzene rings is 2. The third-order valence-corrected chi connectivity index (χ3v) is 4.55. The van der Waals surface area contributed by atoms with Gasteiger partial charge in [-0.3, -0.25) is 4.79 Å². The van der Waals surface area contributed by atoms with Crippen LogP contribution in [-0.4, -0.2) is 32.3 Å². The zero-order chi connectivity index (χ0) is 22.5. The lowest BCUT2D eigenvalue weighted by molar-refractivity contribution is -0.131. The van der Waals surface area contributed by atoms with Crippen molar-refractivity contribution in [2.45, 2.75) is 39.9 Å². The number of ether oxygens (including phenoxy) is 3. The van der Waals surface area contributed by atoms with E-state index in [0.29, 0.717) is 4.31 Å². The molecule has 0 aliphatic carbocycles. The Hall–Kier alpha value is -3.07. The highest BCUT2D eigenvalue weighted by atomic mass is 32.2. The molecule has 0 bridgehead atoms. The zero-order valence-electron chi connectivity index (χ0n) is 17.5. The molecule has 0 atom stereocenters. The molecule has 2 aromatic carbocycles. The molecule has 0 unspecified atom stereocenters. The number of hydrogen-bond donors (Lipinski definition) is 0. The largest absolute Gasteiger partial charge is 0.487 e. The molecule has 30 heavy (non-hydrogen) atoms. The van der Waals surface area contributed by atoms with Gasteiger partial charge in [-0.25, -0.2) is 13.2 Å². The van der Waals surface area contributed by atoms with E-state index in [1.807, 2.05) is 30.3 Å². The van der Waals surface area contributed by atoms with Crippen LogP contribution in [0, 0.1) is 0 Å². The van der Waals surface area contributed by atoms with Crippen LogP contribution in [0.3, 0.4) is 0 Å². The van der Waals surface area contributed by atoms with E-state index >= 15 is 0 Å². The Bertz CT molecular complexity index is 1010. The summed E-state index contributed by atoms with van der Waals surface area (Å²) < 4.78 is 41.6. The first-order valence-electron chi connectivity index (χ1n) is 9.09. The molecule has 0 heterocycles. The van der Waals surface area contributed by atoms with Crippen LogP contribution in [0.1, 0.15) is 33.3 Å². The van der Waals surface area contributed by atoms with Gasteiger partial charge < -0.3 is 14.2 Å². The summed E-state index contributed by atoms with van der Waals surface area (Å²) in [4.78, 5) is 24.1. The van der Waals surface area contributed by atoms with Crippen molar-refractivity contribution in [1.82, 2.24) is 0 Å². The maximum atomic E-state index is 12.7. The Balaban J connectivity index is 2.51. The molecule has 0 N–H and O–H groups in total. The van der Waals surface area contributed by atoms with Crippen LogP contribution < -0.4 is 13.8 Å². The minimum absolute atomic E-state index is 0.0572. The average Bonchev–Trinajstić information content (AvgIpc) is 2.58. The number of nitrogens with zero attached hydrogens (tertiary/aromatic N) is 1. The first-order chi connectivity index (χ1) is 13.9. The molecule has 0 radical (unpaired) electrons. The second-order valence-corrected chi connectivity index (χ2v) is 9.34. The number of esters is 1. The SMILES string of the molecule is CC(=O)Oc1ccc(OCc2ccccc2)c(N(C(=O)OC(C)(C)C)S(C)(=O)=O)c1. The van der Waals surface area contributed by atoms with Gasteiger partial charge in [0, 0.05) is 13.0 Å². The molecule has 0 saturated carbocycles. The van der Waals surface area contributed by atoms with Crippen LogP contribution in [0.15, 0.2) is 48.5 Å². The second-order valence-electron chi connectivity index (χ2n) is 7.51. The highest BCUT2D eigenvalue weighted by molar-refractivity contribution is 7.92. The van der Waals surface area contributed by atoms with Crippen LogP contribution in [0.2, 0.25) is 0 Å². The van der Waals surface area contributed by atoms with Gasteiger partial charge in [0.05, 0.1) is 6.26 Å². The van der Waals surface area contributed by atoms with Crippen molar-refractivity contribution in [1.29, 1.82) is 0 Å². The summed E-state index contributed by atoms with van der Waals surface area (Å²) in [5.74, 6) is -0.435. The van der Waals surface area contributed by atoms with E-state index in [2.05, 4.69) is 0 Å². The molecule has 0 spiro atoms. The lowest BCUT2D eigenvalue weighted by atomic mass is 10.2. The molecule has 0 saturated heterocycles. The van der Waals surface area contributed by atoms with E-state index in [1.165, 1.54) is 25.1 Å². The second kappa shape index (κ2) is 9.17. The Labute approximate surface area is 176 Å². The minimum Gasteiger partial charge on any atom is -0.487 e. The van der Waals surface area contributed by atoms with Crippen molar-refractivity contribution in [3.05, 3.63) is 54.1 Å². The predicted octanol–water partition coefficient (Wildman–Crippen LogP) is 3.89. The lowest BCUT2D eigenvalue weighted by Crippen LogP contribution is -2.40. The number of anilines is 1. The fraction of sp³-hybridized carbons (Fsp3) is 0.333. The molecule has 0 aliphatic heterocycles. The van der Waals surface area contributed by atoms with Gasteiger partial charge in [0.15, 0.2) is 0 Å². The number of carbonyl (C=O) groups is 2. The molecule has 0 aromatic heterocycles. The molecule has 9 heteroatoms. The van der Waals surface area contributed by atoms with Crippen LogP contribution in [-0.2, 0) is 26.2 Å². The van der Waals surface area contributed by atoms with Crippen molar-refractivity contribution in [2.75, 3.05) is 10.6 Å². The van der Waals surface area contributed by atoms with Gasteiger partial charge in [-0.2, -0.15) is 4.31 Å². The molecule has 1 amide bonds. The highest BCUT2D eigenvalue weighted by Gasteiger charge is 2.33. The first-order valence-corrected chi connectivity index (χ1v) is 10.9. The summed E-state index contributed by atoms with van der Waals surface area (Å²) in [5, 5.41) is 0. The number of rotatable bonds is 6. The van der Waals surface area contributed by atoms with Crippen LogP contribution in [0.5, 0.6) is 11.5 Å². The molecule has 8 nitrogen and oxygen atoms in total. The van der Waals surface area contributed by atoms with Crippen molar-refractivity contribution in [3.63, 3.8) is 0 Å². The van der Waals surface area contributed by atoms with Gasteiger partial charge in [0.25, 0.3) is 0 Å². The standard InChI is InChI=1S/C21H25NO7S/c1-15(23)28-17-11-12-19(27-14-16-9-7-6-8-10-16)18(13-17)22(30(5,25)26)20(24)29-21(2,3)4/h6-13H,14H2,1-5H3. The van der Waals surface area contributed by atoms with Crippen LogP contribution >= 0.6 is 0 Å². The topological polar surface area (TPSA) is 99.2 Å². The summed E-state index contributed by atoms with van der Waals surface area (Å²) in [6.07, 6.45) is -0.231. The van der Waals surface area contributed by atoms with E-state index in [9.17, 15) is 18.0 Å². The van der Waals surface area contributed by atoms with Crippen molar-refractivity contribution in [3.8, 4) is 11.5 Å². The van der Waals surface area contributed by atoms with E-state index in [-0.39, 0.29) is 23.8 Å². The minimum atomic E-state index is -4.10. The maximum Gasteiger partial charge on any atom is 0.429 e. The van der Waals surface area contributed by atoms with Crippen LogP contribution in [0.25, 0.3) is 0 Å². The lowest BCUT2D eigenvalue weighted by Gasteiger charge is -2.27. The van der Waals surface area contributed by atoms with E-state index < -0.39 is 27.7 Å². The van der Waals surface area contributed by atoms with Crippen molar-refractivity contribution < 1.29 is 32.2 Å². The summed E-state index contributed by atoms with van der Waals surface area (Å²) >= 11 is 0. The Morgan fingerprint density at radius 2 is 1.67 bits per heavy atom. The van der Waals surface area contributed by atoms with E-state index in [4.69, 9.17) is 14.2 Å². The van der Waals surface area contributed by atoms with Gasteiger partial charge in [-0.1, -0.05) is 30.3 Å².